The molecule has 1 aliphatic heterocycles. The maximum absolute atomic E-state index is 12.1. The molecule has 0 saturated carbocycles. The van der Waals surface area contributed by atoms with E-state index in [9.17, 15) is 9.59 Å². The van der Waals surface area contributed by atoms with E-state index < -0.39 is 11.2 Å². The third-order valence-corrected chi connectivity index (χ3v) is 5.44. The summed E-state index contributed by atoms with van der Waals surface area (Å²) >= 11 is 13.3. The van der Waals surface area contributed by atoms with Crippen molar-refractivity contribution in [3.05, 3.63) is 52.5 Å². The quantitative estimate of drug-likeness (QED) is 0.562. The van der Waals surface area contributed by atoms with Gasteiger partial charge in [-0.15, -0.1) is 11.8 Å². The highest BCUT2D eigenvalue weighted by Gasteiger charge is 2.29. The average Bonchev–Trinajstić information content (AvgIpc) is 2.61. The SMILES string of the molecule is O=C(C[C@@H]1Sc2ccccc2NC1=O)OCCOc1c(Cl)cccc1Cl. The molecule has 2 aromatic carbocycles. The Bertz CT molecular complexity index is 810. The lowest BCUT2D eigenvalue weighted by Gasteiger charge is -2.23. The van der Waals surface area contributed by atoms with Crippen molar-refractivity contribution in [2.45, 2.75) is 16.6 Å². The molecule has 3 rings (SSSR count). The summed E-state index contributed by atoms with van der Waals surface area (Å²) in [6.45, 7) is 0.151. The second-order valence-electron chi connectivity index (χ2n) is 5.42. The van der Waals surface area contributed by atoms with Gasteiger partial charge in [-0.3, -0.25) is 9.59 Å². The van der Waals surface area contributed by atoms with Gasteiger partial charge < -0.3 is 14.8 Å². The first kappa shape index (κ1) is 18.9. The highest BCUT2D eigenvalue weighted by Crippen LogP contribution is 2.36. The van der Waals surface area contributed by atoms with Crippen LogP contribution in [0.1, 0.15) is 6.42 Å². The van der Waals surface area contributed by atoms with E-state index in [2.05, 4.69) is 5.32 Å². The fourth-order valence-electron chi connectivity index (χ4n) is 2.36. The van der Waals surface area contributed by atoms with E-state index in [1.165, 1.54) is 11.8 Å². The van der Waals surface area contributed by atoms with Crippen LogP contribution in [0.25, 0.3) is 0 Å². The van der Waals surface area contributed by atoms with Crippen molar-refractivity contribution < 1.29 is 19.1 Å². The van der Waals surface area contributed by atoms with Crippen molar-refractivity contribution in [2.75, 3.05) is 18.5 Å². The number of ether oxygens (including phenoxy) is 2. The number of para-hydroxylation sites is 2. The number of carbonyl (C=O) groups excluding carboxylic acids is 2. The standard InChI is InChI=1S/C18H15Cl2NO4S/c19-11-4-3-5-12(20)17(11)25-9-8-24-16(22)10-15-18(23)21-13-6-1-2-7-14(13)26-15/h1-7,15H,8-10H2,(H,21,23)/t15-/m0/s1. The van der Waals surface area contributed by atoms with Crippen LogP contribution in [0, 0.1) is 0 Å². The van der Waals surface area contributed by atoms with Gasteiger partial charge in [0.15, 0.2) is 5.75 Å². The number of amides is 1. The molecule has 0 bridgehead atoms. The maximum atomic E-state index is 12.1. The number of hydrogen-bond acceptors (Lipinski definition) is 5. The number of rotatable bonds is 6. The van der Waals surface area contributed by atoms with E-state index in [4.69, 9.17) is 32.7 Å². The molecule has 1 N–H and O–H groups in total. The molecule has 2 aromatic rings. The van der Waals surface area contributed by atoms with Gasteiger partial charge in [0.05, 0.1) is 27.4 Å². The smallest absolute Gasteiger partial charge is 0.307 e. The van der Waals surface area contributed by atoms with Crippen molar-refractivity contribution in [1.82, 2.24) is 0 Å². The zero-order valence-electron chi connectivity index (χ0n) is 13.5. The van der Waals surface area contributed by atoms with Crippen molar-refractivity contribution >= 4 is 52.5 Å². The minimum atomic E-state index is -0.517. The van der Waals surface area contributed by atoms with Crippen LogP contribution in [0.4, 0.5) is 5.69 Å². The third kappa shape index (κ3) is 4.63. The number of nitrogens with one attached hydrogen (secondary N) is 1. The van der Waals surface area contributed by atoms with Gasteiger partial charge in [0.1, 0.15) is 13.2 Å². The molecule has 136 valence electrons. The summed E-state index contributed by atoms with van der Waals surface area (Å²) in [5, 5.41) is 3.05. The second kappa shape index (κ2) is 8.66. The molecule has 0 radical (unpaired) electrons. The molecule has 0 aromatic heterocycles. The molecule has 8 heteroatoms. The first-order valence-corrected chi connectivity index (χ1v) is 9.47. The van der Waals surface area contributed by atoms with E-state index in [0.717, 1.165) is 10.6 Å². The van der Waals surface area contributed by atoms with Crippen LogP contribution in [0.3, 0.4) is 0 Å². The first-order valence-electron chi connectivity index (χ1n) is 7.83. The summed E-state index contributed by atoms with van der Waals surface area (Å²) in [5.74, 6) is -0.318. The Hall–Kier alpha value is -1.89. The molecule has 5 nitrogen and oxygen atoms in total. The first-order chi connectivity index (χ1) is 12.5. The minimum Gasteiger partial charge on any atom is -0.487 e. The molecular formula is C18H15Cl2NO4S. The van der Waals surface area contributed by atoms with Crippen molar-refractivity contribution in [3.63, 3.8) is 0 Å². The highest BCUT2D eigenvalue weighted by atomic mass is 35.5. The summed E-state index contributed by atoms with van der Waals surface area (Å²) in [5.41, 5.74) is 0.761. The number of esters is 1. The van der Waals surface area contributed by atoms with E-state index in [1.54, 1.807) is 18.2 Å². The van der Waals surface area contributed by atoms with Crippen LogP contribution in [0.5, 0.6) is 5.75 Å². The molecule has 1 atom stereocenters. The van der Waals surface area contributed by atoms with Gasteiger partial charge in [-0.1, -0.05) is 41.4 Å². The number of halogens is 2. The van der Waals surface area contributed by atoms with Gasteiger partial charge >= 0.3 is 5.97 Å². The number of hydrogen-bond donors (Lipinski definition) is 1. The van der Waals surface area contributed by atoms with Crippen molar-refractivity contribution in [2.24, 2.45) is 0 Å². The number of benzene rings is 2. The van der Waals surface area contributed by atoms with Gasteiger partial charge in [-0.25, -0.2) is 0 Å². The number of fused-ring (bicyclic) bond motifs is 1. The van der Waals surface area contributed by atoms with Crippen LogP contribution in [0.15, 0.2) is 47.4 Å². The minimum absolute atomic E-state index is 0.0162. The second-order valence-corrected chi connectivity index (χ2v) is 7.47. The zero-order valence-corrected chi connectivity index (χ0v) is 15.9. The highest BCUT2D eigenvalue weighted by molar-refractivity contribution is 8.01. The zero-order chi connectivity index (χ0) is 18.5. The van der Waals surface area contributed by atoms with E-state index in [1.807, 2.05) is 24.3 Å². The number of carbonyl (C=O) groups is 2. The Balaban J connectivity index is 1.45. The van der Waals surface area contributed by atoms with E-state index >= 15 is 0 Å². The van der Waals surface area contributed by atoms with Gasteiger partial charge in [0, 0.05) is 4.90 Å². The molecule has 0 unspecified atom stereocenters. The Kier molecular flexibility index (Phi) is 6.29. The Labute approximate surface area is 165 Å². The summed E-state index contributed by atoms with van der Waals surface area (Å²) in [4.78, 5) is 25.0. The van der Waals surface area contributed by atoms with Crippen molar-refractivity contribution in [3.8, 4) is 5.75 Å². The monoisotopic (exact) mass is 411 g/mol. The fraction of sp³-hybridized carbons (Fsp3) is 0.222. The predicted molar refractivity (Wildman–Crippen MR) is 102 cm³/mol. The van der Waals surface area contributed by atoms with Crippen LogP contribution < -0.4 is 10.1 Å². The van der Waals surface area contributed by atoms with E-state index in [-0.39, 0.29) is 25.5 Å². The number of thioether (sulfide) groups is 1. The summed E-state index contributed by atoms with van der Waals surface area (Å²) in [7, 11) is 0. The Morgan fingerprint density at radius 3 is 2.58 bits per heavy atom. The molecule has 0 spiro atoms. The Morgan fingerprint density at radius 1 is 1.08 bits per heavy atom. The molecule has 1 aliphatic rings. The lowest BCUT2D eigenvalue weighted by Crippen LogP contribution is -2.31. The topological polar surface area (TPSA) is 64.6 Å². The normalized spacial score (nSPS) is 15.8. The molecule has 1 amide bonds. The van der Waals surface area contributed by atoms with Crippen molar-refractivity contribution in [1.29, 1.82) is 0 Å². The Morgan fingerprint density at radius 2 is 1.81 bits per heavy atom. The van der Waals surface area contributed by atoms with Crippen LogP contribution in [-0.2, 0) is 14.3 Å². The van der Waals surface area contributed by atoms with Gasteiger partial charge in [0.2, 0.25) is 5.91 Å². The van der Waals surface area contributed by atoms with E-state index in [0.29, 0.717) is 15.8 Å². The summed E-state index contributed by atoms with van der Waals surface area (Å²) in [6, 6.07) is 12.5. The molecule has 1 heterocycles. The molecule has 0 fully saturated rings. The molecule has 0 saturated heterocycles. The van der Waals surface area contributed by atoms with Crippen LogP contribution in [0.2, 0.25) is 10.0 Å². The maximum Gasteiger partial charge on any atom is 0.307 e. The van der Waals surface area contributed by atoms with Gasteiger partial charge in [-0.05, 0) is 24.3 Å². The third-order valence-electron chi connectivity index (χ3n) is 3.57. The lowest BCUT2D eigenvalue weighted by atomic mass is 10.2. The largest absolute Gasteiger partial charge is 0.487 e. The number of anilines is 1. The molecule has 0 aliphatic carbocycles. The summed E-state index contributed by atoms with van der Waals surface area (Å²) in [6.07, 6.45) is -0.0162. The lowest BCUT2D eigenvalue weighted by molar-refractivity contribution is -0.145. The average molecular weight is 412 g/mol. The predicted octanol–water partition coefficient (Wildman–Crippen LogP) is 4.42. The van der Waals surface area contributed by atoms with Crippen LogP contribution in [-0.4, -0.2) is 30.3 Å². The molecular weight excluding hydrogens is 397 g/mol. The summed E-state index contributed by atoms with van der Waals surface area (Å²) < 4.78 is 10.6. The van der Waals surface area contributed by atoms with Gasteiger partial charge in [0.25, 0.3) is 0 Å². The van der Waals surface area contributed by atoms with Gasteiger partial charge in [-0.2, -0.15) is 0 Å². The fourth-order valence-corrected chi connectivity index (χ4v) is 3.96. The van der Waals surface area contributed by atoms with Crippen LogP contribution >= 0.6 is 35.0 Å². The molecule has 26 heavy (non-hydrogen) atoms.